The zero-order valence-electron chi connectivity index (χ0n) is 15.4. The first-order valence-electron chi connectivity index (χ1n) is 8.94. The quantitative estimate of drug-likeness (QED) is 0.622. The van der Waals surface area contributed by atoms with E-state index in [0.29, 0.717) is 16.7 Å². The summed E-state index contributed by atoms with van der Waals surface area (Å²) in [6.45, 7) is 1.13. The molecule has 2 unspecified atom stereocenters. The van der Waals surface area contributed by atoms with Gasteiger partial charge < -0.3 is 5.11 Å². The number of aliphatic imine (C=N–C) groups is 1. The molecule has 0 saturated carbocycles. The fraction of sp³-hybridized carbons (Fsp3) is 0.130. The van der Waals surface area contributed by atoms with Crippen molar-refractivity contribution < 1.29 is 23.1 Å². The third-order valence-corrected chi connectivity index (χ3v) is 5.13. The molecule has 0 fully saturated rings. The normalized spacial score (nSPS) is 20.7. The van der Waals surface area contributed by atoms with E-state index < -0.39 is 23.4 Å². The Morgan fingerprint density at radius 1 is 1.00 bits per heavy atom. The van der Waals surface area contributed by atoms with E-state index in [1.165, 1.54) is 12.1 Å². The third kappa shape index (κ3) is 3.20. The molecule has 1 aliphatic rings. The lowest BCUT2D eigenvalue weighted by Crippen LogP contribution is -2.43. The van der Waals surface area contributed by atoms with Gasteiger partial charge in [0, 0.05) is 5.56 Å². The molecule has 3 aromatic carbocycles. The van der Waals surface area contributed by atoms with Gasteiger partial charge in [-0.2, -0.15) is 0 Å². The highest BCUT2D eigenvalue weighted by molar-refractivity contribution is 6.12. The SMILES string of the molecule is CC1(F)C(c2ccc(-c3ccccc3F)cc2)=Nc2ccc(F)cc2C1C(=O)O. The van der Waals surface area contributed by atoms with Crippen LogP contribution in [0.15, 0.2) is 71.7 Å². The van der Waals surface area contributed by atoms with E-state index in [0.717, 1.165) is 19.1 Å². The highest BCUT2D eigenvalue weighted by Crippen LogP contribution is 2.44. The van der Waals surface area contributed by atoms with Gasteiger partial charge >= 0.3 is 5.97 Å². The lowest BCUT2D eigenvalue weighted by Gasteiger charge is -2.34. The molecule has 2 atom stereocenters. The van der Waals surface area contributed by atoms with Crippen molar-refractivity contribution in [3.8, 4) is 11.1 Å². The standard InChI is InChI=1S/C23H16F3NO2/c1-23(26)20(22(28)29)17-12-15(24)10-11-19(17)27-21(23)14-8-6-13(7-9-14)16-4-2-3-5-18(16)25/h2-12,20H,1H3,(H,28,29). The fourth-order valence-electron chi connectivity index (χ4n) is 3.73. The Morgan fingerprint density at radius 2 is 1.66 bits per heavy atom. The van der Waals surface area contributed by atoms with Crippen molar-refractivity contribution in [2.75, 3.05) is 0 Å². The zero-order valence-corrected chi connectivity index (χ0v) is 15.4. The van der Waals surface area contributed by atoms with E-state index in [1.807, 2.05) is 0 Å². The van der Waals surface area contributed by atoms with E-state index in [2.05, 4.69) is 4.99 Å². The smallest absolute Gasteiger partial charge is 0.314 e. The largest absolute Gasteiger partial charge is 0.481 e. The molecule has 146 valence electrons. The Labute approximate surface area is 165 Å². The van der Waals surface area contributed by atoms with Crippen molar-refractivity contribution in [3.63, 3.8) is 0 Å². The number of rotatable bonds is 3. The second kappa shape index (κ2) is 6.88. The topological polar surface area (TPSA) is 49.7 Å². The highest BCUT2D eigenvalue weighted by atomic mass is 19.1. The van der Waals surface area contributed by atoms with Crippen LogP contribution < -0.4 is 0 Å². The molecule has 29 heavy (non-hydrogen) atoms. The summed E-state index contributed by atoms with van der Waals surface area (Å²) < 4.78 is 43.4. The van der Waals surface area contributed by atoms with Crippen molar-refractivity contribution in [1.82, 2.24) is 0 Å². The summed E-state index contributed by atoms with van der Waals surface area (Å²) in [6.07, 6.45) is 0. The summed E-state index contributed by atoms with van der Waals surface area (Å²) in [5.41, 5.74) is -0.860. The van der Waals surface area contributed by atoms with Gasteiger partial charge in [-0.05, 0) is 47.9 Å². The molecule has 0 saturated heterocycles. The van der Waals surface area contributed by atoms with Crippen LogP contribution in [0.1, 0.15) is 24.0 Å². The molecule has 0 bridgehead atoms. The van der Waals surface area contributed by atoms with Gasteiger partial charge in [-0.3, -0.25) is 4.79 Å². The van der Waals surface area contributed by atoms with Gasteiger partial charge in [0.25, 0.3) is 0 Å². The summed E-state index contributed by atoms with van der Waals surface area (Å²) in [5.74, 6) is -4.05. The molecule has 0 radical (unpaired) electrons. The van der Waals surface area contributed by atoms with Crippen LogP contribution in [0.2, 0.25) is 0 Å². The van der Waals surface area contributed by atoms with Crippen LogP contribution in [-0.2, 0) is 4.79 Å². The maximum atomic E-state index is 15.7. The lowest BCUT2D eigenvalue weighted by molar-refractivity contribution is -0.141. The van der Waals surface area contributed by atoms with E-state index in [1.54, 1.807) is 42.5 Å². The first kappa shape index (κ1) is 18.9. The maximum absolute atomic E-state index is 15.7. The van der Waals surface area contributed by atoms with Crippen molar-refractivity contribution in [2.45, 2.75) is 18.5 Å². The Morgan fingerprint density at radius 3 is 2.31 bits per heavy atom. The fourth-order valence-corrected chi connectivity index (χ4v) is 3.73. The second-order valence-electron chi connectivity index (χ2n) is 7.07. The first-order valence-corrected chi connectivity index (χ1v) is 8.94. The molecule has 1 aliphatic heterocycles. The van der Waals surface area contributed by atoms with Crippen LogP contribution in [0.5, 0.6) is 0 Å². The number of halogens is 3. The molecule has 1 heterocycles. The highest BCUT2D eigenvalue weighted by Gasteiger charge is 2.49. The number of carboxylic acid groups (broad SMARTS) is 1. The average molecular weight is 395 g/mol. The molecule has 3 nitrogen and oxygen atoms in total. The minimum atomic E-state index is -2.37. The number of fused-ring (bicyclic) bond motifs is 1. The van der Waals surface area contributed by atoms with Gasteiger partial charge in [0.1, 0.15) is 17.6 Å². The lowest BCUT2D eigenvalue weighted by atomic mass is 9.76. The summed E-state index contributed by atoms with van der Waals surface area (Å²) in [5, 5.41) is 9.64. The minimum absolute atomic E-state index is 0.00535. The monoisotopic (exact) mass is 395 g/mol. The zero-order chi connectivity index (χ0) is 20.8. The number of benzene rings is 3. The van der Waals surface area contributed by atoms with Crippen molar-refractivity contribution in [2.24, 2.45) is 4.99 Å². The molecule has 3 aromatic rings. The van der Waals surface area contributed by atoms with Crippen molar-refractivity contribution in [3.05, 3.63) is 89.5 Å². The molecule has 0 aliphatic carbocycles. The van der Waals surface area contributed by atoms with Crippen LogP contribution in [0.3, 0.4) is 0 Å². The maximum Gasteiger partial charge on any atom is 0.314 e. The number of aliphatic carboxylic acids is 1. The van der Waals surface area contributed by atoms with Gasteiger partial charge in [0.05, 0.1) is 11.4 Å². The Balaban J connectivity index is 1.82. The number of nitrogens with zero attached hydrogens (tertiary/aromatic N) is 1. The van der Waals surface area contributed by atoms with Gasteiger partial charge in [0.2, 0.25) is 0 Å². The predicted octanol–water partition coefficient (Wildman–Crippen LogP) is 5.66. The minimum Gasteiger partial charge on any atom is -0.481 e. The van der Waals surface area contributed by atoms with E-state index in [9.17, 15) is 18.7 Å². The molecular weight excluding hydrogens is 379 g/mol. The Hall–Kier alpha value is -3.41. The summed E-state index contributed by atoms with van der Waals surface area (Å²) in [4.78, 5) is 16.1. The number of hydrogen-bond donors (Lipinski definition) is 1. The van der Waals surface area contributed by atoms with Crippen LogP contribution in [0.4, 0.5) is 18.9 Å². The summed E-state index contributed by atoms with van der Waals surface area (Å²) in [7, 11) is 0. The predicted molar refractivity (Wildman–Crippen MR) is 104 cm³/mol. The van der Waals surface area contributed by atoms with Gasteiger partial charge in [-0.1, -0.05) is 42.5 Å². The first-order chi connectivity index (χ1) is 13.8. The Kier molecular flexibility index (Phi) is 4.49. The van der Waals surface area contributed by atoms with Gasteiger partial charge in [-0.15, -0.1) is 0 Å². The van der Waals surface area contributed by atoms with E-state index in [-0.39, 0.29) is 22.8 Å². The number of hydrogen-bond acceptors (Lipinski definition) is 2. The van der Waals surface area contributed by atoms with E-state index in [4.69, 9.17) is 0 Å². The van der Waals surface area contributed by atoms with Crippen LogP contribution in [0.25, 0.3) is 11.1 Å². The molecule has 4 rings (SSSR count). The number of carboxylic acids is 1. The Bertz CT molecular complexity index is 1140. The second-order valence-corrected chi connectivity index (χ2v) is 7.07. The molecule has 1 N–H and O–H groups in total. The number of alkyl halides is 1. The van der Waals surface area contributed by atoms with Gasteiger partial charge in [0.15, 0.2) is 5.67 Å². The molecule has 0 amide bonds. The third-order valence-electron chi connectivity index (χ3n) is 5.13. The van der Waals surface area contributed by atoms with Crippen molar-refractivity contribution in [1.29, 1.82) is 0 Å². The molecule has 6 heteroatoms. The molecule has 0 spiro atoms. The molecule has 0 aromatic heterocycles. The van der Waals surface area contributed by atoms with E-state index >= 15 is 4.39 Å². The summed E-state index contributed by atoms with van der Waals surface area (Å²) in [6, 6.07) is 16.2. The van der Waals surface area contributed by atoms with Crippen molar-refractivity contribution >= 4 is 17.4 Å². The molecular formula is C23H16F3NO2. The van der Waals surface area contributed by atoms with Gasteiger partial charge in [-0.25, -0.2) is 18.2 Å². The number of carbonyl (C=O) groups is 1. The van der Waals surface area contributed by atoms with Crippen LogP contribution >= 0.6 is 0 Å². The summed E-state index contributed by atoms with van der Waals surface area (Å²) >= 11 is 0. The van der Waals surface area contributed by atoms with Crippen LogP contribution in [-0.4, -0.2) is 22.5 Å². The van der Waals surface area contributed by atoms with Crippen LogP contribution in [0, 0.1) is 11.6 Å². The average Bonchev–Trinajstić information content (AvgIpc) is 2.67.